The Balaban J connectivity index is 2.32. The maximum atomic E-state index is 10.4. The molecule has 1 aliphatic rings. The van der Waals surface area contributed by atoms with Crippen LogP contribution in [-0.4, -0.2) is 34.2 Å². The molecular formula is C11H18N2O3. The molecule has 0 bridgehead atoms. The summed E-state index contributed by atoms with van der Waals surface area (Å²) in [5.41, 5.74) is 0.146. The average Bonchev–Trinajstić information content (AvgIpc) is 2.85. The fourth-order valence-electron chi connectivity index (χ4n) is 2.20. The first-order chi connectivity index (χ1) is 7.58. The van der Waals surface area contributed by atoms with Gasteiger partial charge in [-0.25, -0.2) is 0 Å². The Bertz CT molecular complexity index is 369. The van der Waals surface area contributed by atoms with Gasteiger partial charge in [-0.1, -0.05) is 0 Å². The van der Waals surface area contributed by atoms with E-state index >= 15 is 0 Å². The van der Waals surface area contributed by atoms with Gasteiger partial charge in [0, 0.05) is 13.7 Å². The SMILES string of the molecule is COc1cnn(C)c1C(O)C1(C)CCCO1. The number of nitrogens with zero attached hydrogens (tertiary/aromatic N) is 2. The van der Waals surface area contributed by atoms with E-state index < -0.39 is 11.7 Å². The van der Waals surface area contributed by atoms with Gasteiger partial charge in [0.1, 0.15) is 11.8 Å². The molecule has 0 spiro atoms. The molecule has 2 heterocycles. The molecule has 0 radical (unpaired) electrons. The van der Waals surface area contributed by atoms with Crippen LogP contribution < -0.4 is 4.74 Å². The van der Waals surface area contributed by atoms with Crippen LogP contribution in [0.2, 0.25) is 0 Å². The number of methoxy groups -OCH3 is 1. The standard InChI is InChI=1S/C11H18N2O3/c1-11(5-4-6-16-11)10(14)9-8(15-3)7-12-13(9)2/h7,10,14H,4-6H2,1-3H3. The van der Waals surface area contributed by atoms with Crippen LogP contribution in [0.25, 0.3) is 0 Å². The predicted molar refractivity (Wildman–Crippen MR) is 58.3 cm³/mol. The van der Waals surface area contributed by atoms with Gasteiger partial charge in [-0.15, -0.1) is 0 Å². The van der Waals surface area contributed by atoms with Crippen molar-refractivity contribution in [2.75, 3.05) is 13.7 Å². The Morgan fingerprint density at radius 2 is 2.44 bits per heavy atom. The summed E-state index contributed by atoms with van der Waals surface area (Å²) in [6, 6.07) is 0. The Labute approximate surface area is 95.0 Å². The monoisotopic (exact) mass is 226 g/mol. The van der Waals surface area contributed by atoms with E-state index in [-0.39, 0.29) is 0 Å². The van der Waals surface area contributed by atoms with Gasteiger partial charge in [-0.3, -0.25) is 4.68 Å². The van der Waals surface area contributed by atoms with Crippen LogP contribution in [0, 0.1) is 0 Å². The molecule has 1 N–H and O–H groups in total. The molecule has 1 fully saturated rings. The molecule has 0 aromatic carbocycles. The third kappa shape index (κ3) is 1.70. The number of aryl methyl sites for hydroxylation is 1. The maximum absolute atomic E-state index is 10.4. The van der Waals surface area contributed by atoms with Crippen molar-refractivity contribution >= 4 is 0 Å². The molecule has 0 saturated carbocycles. The second kappa shape index (κ2) is 4.07. The molecule has 1 aromatic heterocycles. The van der Waals surface area contributed by atoms with Crippen molar-refractivity contribution < 1.29 is 14.6 Å². The van der Waals surface area contributed by atoms with Gasteiger partial charge in [0.2, 0.25) is 0 Å². The molecule has 1 aliphatic heterocycles. The van der Waals surface area contributed by atoms with Crippen LogP contribution >= 0.6 is 0 Å². The third-order valence-electron chi connectivity index (χ3n) is 3.26. The smallest absolute Gasteiger partial charge is 0.162 e. The van der Waals surface area contributed by atoms with Gasteiger partial charge in [-0.2, -0.15) is 5.10 Å². The van der Waals surface area contributed by atoms with E-state index in [1.165, 1.54) is 0 Å². The van der Waals surface area contributed by atoms with Gasteiger partial charge in [0.05, 0.1) is 18.9 Å². The van der Waals surface area contributed by atoms with E-state index in [2.05, 4.69) is 5.10 Å². The number of hydrogen-bond donors (Lipinski definition) is 1. The maximum Gasteiger partial charge on any atom is 0.162 e. The van der Waals surface area contributed by atoms with Crippen molar-refractivity contribution in [1.29, 1.82) is 0 Å². The molecule has 0 amide bonds. The zero-order chi connectivity index (χ0) is 11.8. The predicted octanol–water partition coefficient (Wildman–Crippen LogP) is 1.03. The molecule has 2 atom stereocenters. The van der Waals surface area contributed by atoms with E-state index in [4.69, 9.17) is 9.47 Å². The van der Waals surface area contributed by atoms with Crippen LogP contribution in [0.4, 0.5) is 0 Å². The largest absolute Gasteiger partial charge is 0.493 e. The Morgan fingerprint density at radius 3 is 3.00 bits per heavy atom. The topological polar surface area (TPSA) is 56.5 Å². The highest BCUT2D eigenvalue weighted by Gasteiger charge is 2.41. The van der Waals surface area contributed by atoms with Crippen molar-refractivity contribution in [3.63, 3.8) is 0 Å². The minimum absolute atomic E-state index is 0.527. The van der Waals surface area contributed by atoms with Crippen molar-refractivity contribution in [2.45, 2.75) is 31.5 Å². The number of aliphatic hydroxyl groups is 1. The molecule has 2 rings (SSSR count). The van der Waals surface area contributed by atoms with Crippen LogP contribution in [-0.2, 0) is 11.8 Å². The summed E-state index contributed by atoms with van der Waals surface area (Å²) in [5, 5.41) is 14.5. The molecule has 1 saturated heterocycles. The number of ether oxygens (including phenoxy) is 2. The summed E-state index contributed by atoms with van der Waals surface area (Å²) in [6.45, 7) is 2.63. The zero-order valence-corrected chi connectivity index (χ0v) is 9.93. The number of rotatable bonds is 3. The highest BCUT2D eigenvalue weighted by atomic mass is 16.5. The van der Waals surface area contributed by atoms with Crippen molar-refractivity contribution in [3.05, 3.63) is 11.9 Å². The summed E-state index contributed by atoms with van der Waals surface area (Å²) in [5.74, 6) is 0.603. The Hall–Kier alpha value is -1.07. The number of hydrogen-bond acceptors (Lipinski definition) is 4. The minimum Gasteiger partial charge on any atom is -0.493 e. The van der Waals surface area contributed by atoms with Gasteiger partial charge in [0.25, 0.3) is 0 Å². The molecule has 2 unspecified atom stereocenters. The minimum atomic E-state index is -0.711. The zero-order valence-electron chi connectivity index (χ0n) is 9.93. The number of aliphatic hydroxyl groups excluding tert-OH is 1. The average molecular weight is 226 g/mol. The normalized spacial score (nSPS) is 27.0. The Kier molecular flexibility index (Phi) is 2.90. The lowest BCUT2D eigenvalue weighted by molar-refractivity contribution is -0.0833. The van der Waals surface area contributed by atoms with Gasteiger partial charge < -0.3 is 14.6 Å². The summed E-state index contributed by atoms with van der Waals surface area (Å²) >= 11 is 0. The lowest BCUT2D eigenvalue weighted by Crippen LogP contribution is -2.33. The molecule has 5 heteroatoms. The van der Waals surface area contributed by atoms with Gasteiger partial charge in [0.15, 0.2) is 5.75 Å². The molecule has 0 aliphatic carbocycles. The summed E-state index contributed by atoms with van der Waals surface area (Å²) in [4.78, 5) is 0. The lowest BCUT2D eigenvalue weighted by Gasteiger charge is -2.29. The van der Waals surface area contributed by atoms with Crippen LogP contribution in [0.1, 0.15) is 31.6 Å². The van der Waals surface area contributed by atoms with E-state index in [1.807, 2.05) is 6.92 Å². The number of aromatic nitrogens is 2. The van der Waals surface area contributed by atoms with E-state index in [0.29, 0.717) is 18.1 Å². The summed E-state index contributed by atoms with van der Waals surface area (Å²) < 4.78 is 12.5. The van der Waals surface area contributed by atoms with Crippen LogP contribution in [0.3, 0.4) is 0 Å². The second-order valence-electron chi connectivity index (χ2n) is 4.39. The fourth-order valence-corrected chi connectivity index (χ4v) is 2.20. The van der Waals surface area contributed by atoms with Crippen LogP contribution in [0.5, 0.6) is 5.75 Å². The highest BCUT2D eigenvalue weighted by Crippen LogP contribution is 2.39. The van der Waals surface area contributed by atoms with Gasteiger partial charge >= 0.3 is 0 Å². The van der Waals surface area contributed by atoms with Crippen LogP contribution in [0.15, 0.2) is 6.20 Å². The first kappa shape index (κ1) is 11.4. The van der Waals surface area contributed by atoms with E-state index in [1.54, 1.807) is 25.0 Å². The first-order valence-corrected chi connectivity index (χ1v) is 5.46. The molecule has 90 valence electrons. The third-order valence-corrected chi connectivity index (χ3v) is 3.26. The quantitative estimate of drug-likeness (QED) is 0.836. The van der Waals surface area contributed by atoms with E-state index in [9.17, 15) is 5.11 Å². The Morgan fingerprint density at radius 1 is 1.69 bits per heavy atom. The molecular weight excluding hydrogens is 208 g/mol. The van der Waals surface area contributed by atoms with Crippen molar-refractivity contribution in [1.82, 2.24) is 9.78 Å². The van der Waals surface area contributed by atoms with Gasteiger partial charge in [-0.05, 0) is 19.8 Å². The lowest BCUT2D eigenvalue weighted by atomic mass is 9.93. The summed E-state index contributed by atoms with van der Waals surface area (Å²) in [6.07, 6.45) is 2.73. The first-order valence-electron chi connectivity index (χ1n) is 5.46. The fraction of sp³-hybridized carbons (Fsp3) is 0.727. The summed E-state index contributed by atoms with van der Waals surface area (Å²) in [7, 11) is 3.37. The van der Waals surface area contributed by atoms with E-state index in [0.717, 1.165) is 12.8 Å². The second-order valence-corrected chi connectivity index (χ2v) is 4.39. The highest BCUT2D eigenvalue weighted by molar-refractivity contribution is 5.29. The van der Waals surface area contributed by atoms with Crippen molar-refractivity contribution in [2.24, 2.45) is 7.05 Å². The molecule has 1 aromatic rings. The van der Waals surface area contributed by atoms with Crippen molar-refractivity contribution in [3.8, 4) is 5.75 Å². The molecule has 16 heavy (non-hydrogen) atoms. The molecule has 5 nitrogen and oxygen atoms in total.